The third-order valence-corrected chi connectivity index (χ3v) is 6.67. The third-order valence-electron chi connectivity index (χ3n) is 6.67. The predicted octanol–water partition coefficient (Wildman–Crippen LogP) is 5.90. The Morgan fingerprint density at radius 2 is 1.71 bits per heavy atom. The molecule has 5 rings (SSSR count). The largest absolute Gasteiger partial charge is 0.497 e. The molecule has 0 aliphatic rings. The molecule has 2 heterocycles. The summed E-state index contributed by atoms with van der Waals surface area (Å²) in [5.41, 5.74) is 6.09. The van der Waals surface area contributed by atoms with E-state index >= 15 is 0 Å². The molecule has 0 radical (unpaired) electrons. The zero-order valence-corrected chi connectivity index (χ0v) is 24.6. The van der Waals surface area contributed by atoms with E-state index in [0.29, 0.717) is 34.7 Å². The Bertz CT molecular complexity index is 1780. The Morgan fingerprint density at radius 1 is 0.976 bits per heavy atom. The summed E-state index contributed by atoms with van der Waals surface area (Å²) in [7, 11) is 1.57. The smallest absolute Gasteiger partial charge is 0.326 e. The second-order valence-electron chi connectivity index (χ2n) is 11.1. The SMILES string of the molecule is CCCNn1cc(-c2nc3cc(OC)ccc3n(CC(=O)OC(C)(C)C)c2=O)c2cc(OCc3ccccc3)ccc21. The third kappa shape index (κ3) is 6.25. The van der Waals surface area contributed by atoms with Crippen LogP contribution in [-0.2, 0) is 22.7 Å². The highest BCUT2D eigenvalue weighted by atomic mass is 16.6. The highest BCUT2D eigenvalue weighted by Crippen LogP contribution is 2.32. The normalized spacial score (nSPS) is 11.5. The van der Waals surface area contributed by atoms with E-state index < -0.39 is 17.1 Å². The predicted molar refractivity (Wildman–Crippen MR) is 165 cm³/mol. The van der Waals surface area contributed by atoms with Gasteiger partial charge in [-0.1, -0.05) is 37.3 Å². The summed E-state index contributed by atoms with van der Waals surface area (Å²) < 4.78 is 20.4. The van der Waals surface area contributed by atoms with E-state index in [1.165, 1.54) is 4.57 Å². The molecule has 0 saturated carbocycles. The van der Waals surface area contributed by atoms with E-state index in [1.54, 1.807) is 46.1 Å². The zero-order chi connectivity index (χ0) is 29.9. The van der Waals surface area contributed by atoms with Gasteiger partial charge in [-0.25, -0.2) is 4.98 Å². The minimum atomic E-state index is -0.690. The number of aromatic nitrogens is 3. The molecule has 0 unspecified atom stereocenters. The molecule has 9 nitrogen and oxygen atoms in total. The quantitative estimate of drug-likeness (QED) is 0.210. The highest BCUT2D eigenvalue weighted by molar-refractivity contribution is 5.97. The molecule has 0 atom stereocenters. The number of fused-ring (bicyclic) bond motifs is 2. The van der Waals surface area contributed by atoms with Gasteiger partial charge in [-0.3, -0.25) is 18.8 Å². The summed E-state index contributed by atoms with van der Waals surface area (Å²) in [4.78, 5) is 31.8. The molecule has 0 aliphatic carbocycles. The fourth-order valence-electron chi connectivity index (χ4n) is 4.78. The van der Waals surface area contributed by atoms with E-state index in [2.05, 4.69) is 12.3 Å². The van der Waals surface area contributed by atoms with Crippen molar-refractivity contribution in [1.82, 2.24) is 14.2 Å². The molecular formula is C33H36N4O5. The minimum absolute atomic E-state index is 0.210. The van der Waals surface area contributed by atoms with Gasteiger partial charge in [0.25, 0.3) is 5.56 Å². The van der Waals surface area contributed by atoms with E-state index in [0.717, 1.165) is 29.4 Å². The Hall–Kier alpha value is -4.79. The lowest BCUT2D eigenvalue weighted by Crippen LogP contribution is -2.31. The molecule has 0 fully saturated rings. The van der Waals surface area contributed by atoms with E-state index in [1.807, 2.05) is 59.4 Å². The van der Waals surface area contributed by atoms with Crippen LogP contribution in [0.15, 0.2) is 77.7 Å². The van der Waals surface area contributed by atoms with Gasteiger partial charge in [0.2, 0.25) is 0 Å². The molecule has 42 heavy (non-hydrogen) atoms. The lowest BCUT2D eigenvalue weighted by atomic mass is 10.1. The molecule has 9 heteroatoms. The molecule has 0 aliphatic heterocycles. The second kappa shape index (κ2) is 12.0. The van der Waals surface area contributed by atoms with Crippen molar-refractivity contribution < 1.29 is 19.0 Å². The van der Waals surface area contributed by atoms with Gasteiger partial charge in [0.1, 0.15) is 35.9 Å². The van der Waals surface area contributed by atoms with Crippen LogP contribution in [0.25, 0.3) is 33.2 Å². The van der Waals surface area contributed by atoms with Gasteiger partial charge < -0.3 is 19.6 Å². The summed E-state index contributed by atoms with van der Waals surface area (Å²) in [6, 6.07) is 21.0. The van der Waals surface area contributed by atoms with Gasteiger partial charge >= 0.3 is 5.97 Å². The molecule has 0 bridgehead atoms. The van der Waals surface area contributed by atoms with Crippen molar-refractivity contribution >= 4 is 27.9 Å². The van der Waals surface area contributed by atoms with Crippen LogP contribution in [0.5, 0.6) is 11.5 Å². The van der Waals surface area contributed by atoms with Crippen LogP contribution in [0.3, 0.4) is 0 Å². The zero-order valence-electron chi connectivity index (χ0n) is 24.6. The maximum atomic E-state index is 14.1. The molecule has 3 aromatic carbocycles. The topological polar surface area (TPSA) is 96.6 Å². The average molecular weight is 569 g/mol. The maximum Gasteiger partial charge on any atom is 0.326 e. The summed E-state index contributed by atoms with van der Waals surface area (Å²) in [6.07, 6.45) is 2.79. The fourth-order valence-corrected chi connectivity index (χ4v) is 4.78. The molecule has 1 N–H and O–H groups in total. The van der Waals surface area contributed by atoms with Crippen molar-refractivity contribution in [3.05, 3.63) is 88.8 Å². The van der Waals surface area contributed by atoms with Crippen LogP contribution in [0, 0.1) is 0 Å². The monoisotopic (exact) mass is 568 g/mol. The number of hydrogen-bond donors (Lipinski definition) is 1. The first-order valence-corrected chi connectivity index (χ1v) is 14.0. The lowest BCUT2D eigenvalue weighted by Gasteiger charge is -2.20. The molecule has 2 aromatic heterocycles. The average Bonchev–Trinajstić information content (AvgIpc) is 3.33. The van der Waals surface area contributed by atoms with Crippen molar-refractivity contribution in [2.45, 2.75) is 52.9 Å². The Morgan fingerprint density at radius 3 is 2.43 bits per heavy atom. The number of esters is 1. The van der Waals surface area contributed by atoms with Gasteiger partial charge in [-0.2, -0.15) is 0 Å². The van der Waals surface area contributed by atoms with Gasteiger partial charge in [0.15, 0.2) is 0 Å². The first-order chi connectivity index (χ1) is 20.2. The summed E-state index contributed by atoms with van der Waals surface area (Å²) in [6.45, 7) is 8.36. The van der Waals surface area contributed by atoms with Crippen LogP contribution in [0.1, 0.15) is 39.7 Å². The van der Waals surface area contributed by atoms with Gasteiger partial charge in [-0.05, 0) is 63.1 Å². The number of nitrogens with one attached hydrogen (secondary N) is 1. The Balaban J connectivity index is 1.66. The van der Waals surface area contributed by atoms with Crippen LogP contribution in [0.2, 0.25) is 0 Å². The van der Waals surface area contributed by atoms with E-state index in [-0.39, 0.29) is 12.2 Å². The fraction of sp³-hybridized carbons (Fsp3) is 0.303. The van der Waals surface area contributed by atoms with Crippen LogP contribution in [-0.4, -0.2) is 39.5 Å². The summed E-state index contributed by atoms with van der Waals surface area (Å²) >= 11 is 0. The van der Waals surface area contributed by atoms with Crippen LogP contribution in [0.4, 0.5) is 0 Å². The molecule has 0 saturated heterocycles. The number of nitrogens with zero attached hydrogens (tertiary/aromatic N) is 3. The summed E-state index contributed by atoms with van der Waals surface area (Å²) in [5, 5.41) is 0.792. The minimum Gasteiger partial charge on any atom is -0.497 e. The number of benzene rings is 3. The molecule has 0 spiro atoms. The number of carbonyl (C=O) groups is 1. The van der Waals surface area contributed by atoms with Crippen molar-refractivity contribution in [3.8, 4) is 22.8 Å². The highest BCUT2D eigenvalue weighted by Gasteiger charge is 2.22. The van der Waals surface area contributed by atoms with Crippen molar-refractivity contribution in [2.24, 2.45) is 0 Å². The second-order valence-corrected chi connectivity index (χ2v) is 11.1. The van der Waals surface area contributed by atoms with E-state index in [4.69, 9.17) is 19.2 Å². The number of hydrogen-bond acceptors (Lipinski definition) is 7. The first-order valence-electron chi connectivity index (χ1n) is 14.0. The lowest BCUT2D eigenvalue weighted by molar-refractivity contribution is -0.155. The molecular weight excluding hydrogens is 532 g/mol. The Labute approximate surface area is 244 Å². The Kier molecular flexibility index (Phi) is 8.20. The number of methoxy groups -OCH3 is 1. The number of ether oxygens (including phenoxy) is 3. The number of rotatable bonds is 10. The molecule has 218 valence electrons. The van der Waals surface area contributed by atoms with Crippen LogP contribution < -0.4 is 20.5 Å². The van der Waals surface area contributed by atoms with Crippen molar-refractivity contribution in [2.75, 3.05) is 19.1 Å². The number of carbonyl (C=O) groups excluding carboxylic acids is 1. The van der Waals surface area contributed by atoms with Crippen LogP contribution >= 0.6 is 0 Å². The molecule has 0 amide bonds. The van der Waals surface area contributed by atoms with Gasteiger partial charge in [-0.15, -0.1) is 0 Å². The van der Waals surface area contributed by atoms with Gasteiger partial charge in [0.05, 0.1) is 23.7 Å². The standard InChI is InChI=1S/C33H36N4O5/c1-6-16-34-37-19-26(25-17-24(13-14-28(25)37)41-21-22-10-8-7-9-11-22)31-32(39)36(20-30(38)42-33(2,3)4)29-15-12-23(40-5)18-27(29)35-31/h7-15,17-19,34H,6,16,20-21H2,1-5H3. The first kappa shape index (κ1) is 28.7. The van der Waals surface area contributed by atoms with Crippen molar-refractivity contribution in [3.63, 3.8) is 0 Å². The molecule has 5 aromatic rings. The van der Waals surface area contributed by atoms with E-state index in [9.17, 15) is 9.59 Å². The maximum absolute atomic E-state index is 14.1. The van der Waals surface area contributed by atoms with Gasteiger partial charge in [0, 0.05) is 29.8 Å². The van der Waals surface area contributed by atoms with Crippen molar-refractivity contribution in [1.29, 1.82) is 0 Å². The summed E-state index contributed by atoms with van der Waals surface area (Å²) in [5.74, 6) is 0.743.